The van der Waals surface area contributed by atoms with Crippen LogP contribution in [0.15, 0.2) is 10.9 Å². The van der Waals surface area contributed by atoms with Crippen LogP contribution in [0.3, 0.4) is 0 Å². The molecule has 0 aliphatic carbocycles. The number of aliphatic hydroxyl groups excluding tert-OH is 1. The molecule has 2 atom stereocenters. The second-order valence-corrected chi connectivity index (χ2v) is 3.54. The van der Waals surface area contributed by atoms with Gasteiger partial charge in [-0.15, -0.1) is 0 Å². The minimum Gasteiger partial charge on any atom is -0.480 e. The zero-order valence-electron chi connectivity index (χ0n) is 9.66. The van der Waals surface area contributed by atoms with Crippen LogP contribution in [0, 0.1) is 0 Å². The maximum atomic E-state index is 11.3. The van der Waals surface area contributed by atoms with Gasteiger partial charge in [0.15, 0.2) is 12.4 Å². The van der Waals surface area contributed by atoms with Crippen LogP contribution in [-0.2, 0) is 11.2 Å². The lowest BCUT2D eigenvalue weighted by Gasteiger charge is -2.17. The van der Waals surface area contributed by atoms with Gasteiger partial charge in [-0.25, -0.2) is 9.59 Å². The molecule has 0 radical (unpaired) electrons. The highest BCUT2D eigenvalue weighted by molar-refractivity contribution is 5.82. The van der Waals surface area contributed by atoms with Crippen molar-refractivity contribution in [2.24, 2.45) is 0 Å². The van der Waals surface area contributed by atoms with Gasteiger partial charge in [-0.2, -0.15) is 4.98 Å². The van der Waals surface area contributed by atoms with Gasteiger partial charge in [0, 0.05) is 13.0 Å². The van der Waals surface area contributed by atoms with Crippen molar-refractivity contribution in [1.82, 2.24) is 20.8 Å². The van der Waals surface area contributed by atoms with E-state index in [2.05, 4.69) is 20.8 Å². The Labute approximate surface area is 102 Å². The van der Waals surface area contributed by atoms with E-state index < -0.39 is 24.1 Å². The molecule has 0 unspecified atom stereocenters. The van der Waals surface area contributed by atoms with Gasteiger partial charge in [-0.1, -0.05) is 5.16 Å². The molecule has 0 saturated heterocycles. The van der Waals surface area contributed by atoms with Crippen LogP contribution in [0.1, 0.15) is 12.8 Å². The van der Waals surface area contributed by atoms with E-state index in [1.165, 1.54) is 13.3 Å². The number of carbonyl (C=O) groups excluding carboxylic acids is 1. The summed E-state index contributed by atoms with van der Waals surface area (Å²) in [5.41, 5.74) is 0. The van der Waals surface area contributed by atoms with Gasteiger partial charge in [0.25, 0.3) is 0 Å². The molecule has 0 fully saturated rings. The van der Waals surface area contributed by atoms with E-state index in [1.807, 2.05) is 0 Å². The summed E-state index contributed by atoms with van der Waals surface area (Å²) in [6.07, 6.45) is 0.382. The third-order valence-corrected chi connectivity index (χ3v) is 2.07. The Bertz CT molecular complexity index is 392. The lowest BCUT2D eigenvalue weighted by molar-refractivity contribution is -0.141. The molecule has 4 N–H and O–H groups in total. The number of nitrogens with zero attached hydrogens (tertiary/aromatic N) is 2. The number of hydrogen-bond acceptors (Lipinski definition) is 6. The van der Waals surface area contributed by atoms with Crippen LogP contribution < -0.4 is 10.6 Å². The fraction of sp³-hybridized carbons (Fsp3) is 0.556. The summed E-state index contributed by atoms with van der Waals surface area (Å²) in [5.74, 6) is -0.947. The molecule has 9 nitrogen and oxygen atoms in total. The van der Waals surface area contributed by atoms with Crippen LogP contribution >= 0.6 is 0 Å². The zero-order valence-corrected chi connectivity index (χ0v) is 9.66. The van der Waals surface area contributed by atoms with Crippen molar-refractivity contribution in [2.75, 3.05) is 6.54 Å². The number of aliphatic carboxylic acids is 1. The van der Waals surface area contributed by atoms with Crippen molar-refractivity contribution >= 4 is 12.0 Å². The Morgan fingerprint density at radius 2 is 2.28 bits per heavy atom. The second kappa shape index (κ2) is 6.55. The number of nitrogens with one attached hydrogen (secondary N) is 2. The first-order chi connectivity index (χ1) is 8.50. The molecular formula is C9H14N4O5. The highest BCUT2D eigenvalue weighted by Crippen LogP contribution is 1.93. The van der Waals surface area contributed by atoms with Crippen LogP contribution in [0.5, 0.6) is 0 Å². The smallest absolute Gasteiger partial charge is 0.328 e. The molecule has 0 spiro atoms. The standard InChI is InChI=1S/C9H14N4O5/c1-5(14)7(8(15)16)13-9(17)10-3-2-6-11-4-12-18-6/h4-5,7,14H,2-3H2,1H3,(H,15,16)(H2,10,13,17)/t5-,7+/m1/s1. The number of hydrogen-bond donors (Lipinski definition) is 4. The first-order valence-corrected chi connectivity index (χ1v) is 5.21. The average molecular weight is 258 g/mol. The minimum absolute atomic E-state index is 0.209. The van der Waals surface area contributed by atoms with E-state index in [1.54, 1.807) is 0 Å². The number of carboxylic acids is 1. The molecule has 18 heavy (non-hydrogen) atoms. The van der Waals surface area contributed by atoms with Crippen molar-refractivity contribution in [1.29, 1.82) is 0 Å². The summed E-state index contributed by atoms with van der Waals surface area (Å²) in [4.78, 5) is 25.8. The molecule has 0 aliphatic rings. The highest BCUT2D eigenvalue weighted by Gasteiger charge is 2.24. The molecule has 1 rings (SSSR count). The molecule has 1 aromatic rings. The molecule has 0 aliphatic heterocycles. The number of rotatable bonds is 6. The van der Waals surface area contributed by atoms with Crippen LogP contribution in [-0.4, -0.2) is 51.0 Å². The maximum Gasteiger partial charge on any atom is 0.328 e. The number of aliphatic hydroxyl groups is 1. The summed E-state index contributed by atoms with van der Waals surface area (Å²) >= 11 is 0. The molecular weight excluding hydrogens is 244 g/mol. The predicted molar refractivity (Wildman–Crippen MR) is 57.6 cm³/mol. The highest BCUT2D eigenvalue weighted by atomic mass is 16.5. The lowest BCUT2D eigenvalue weighted by Crippen LogP contribution is -2.51. The predicted octanol–water partition coefficient (Wildman–Crippen LogP) is -1.25. The van der Waals surface area contributed by atoms with Gasteiger partial charge in [0.2, 0.25) is 5.89 Å². The molecule has 9 heteroatoms. The van der Waals surface area contributed by atoms with Crippen LogP contribution in [0.4, 0.5) is 4.79 Å². The number of aromatic nitrogens is 2. The van der Waals surface area contributed by atoms with Crippen LogP contribution in [0.25, 0.3) is 0 Å². The van der Waals surface area contributed by atoms with Gasteiger partial charge in [-0.3, -0.25) is 0 Å². The van der Waals surface area contributed by atoms with Crippen molar-refractivity contribution < 1.29 is 24.3 Å². The minimum atomic E-state index is -1.35. The Hall–Kier alpha value is -2.16. The van der Waals surface area contributed by atoms with E-state index >= 15 is 0 Å². The van der Waals surface area contributed by atoms with E-state index in [9.17, 15) is 9.59 Å². The number of carbonyl (C=O) groups is 2. The van der Waals surface area contributed by atoms with Crippen molar-refractivity contribution in [3.05, 3.63) is 12.2 Å². The third kappa shape index (κ3) is 4.37. The largest absolute Gasteiger partial charge is 0.480 e. The van der Waals surface area contributed by atoms with Gasteiger partial charge >= 0.3 is 12.0 Å². The first kappa shape index (κ1) is 13.9. The third-order valence-electron chi connectivity index (χ3n) is 2.07. The van der Waals surface area contributed by atoms with Gasteiger partial charge in [0.1, 0.15) is 0 Å². The Kier molecular flexibility index (Phi) is 5.06. The maximum absolute atomic E-state index is 11.3. The lowest BCUT2D eigenvalue weighted by atomic mass is 10.2. The van der Waals surface area contributed by atoms with Crippen molar-refractivity contribution in [2.45, 2.75) is 25.5 Å². The van der Waals surface area contributed by atoms with E-state index in [4.69, 9.17) is 14.7 Å². The van der Waals surface area contributed by atoms with E-state index in [0.717, 1.165) is 0 Å². The van der Waals surface area contributed by atoms with Gasteiger partial charge < -0.3 is 25.4 Å². The monoisotopic (exact) mass is 258 g/mol. The van der Waals surface area contributed by atoms with Crippen molar-refractivity contribution in [3.8, 4) is 0 Å². The number of amides is 2. The second-order valence-electron chi connectivity index (χ2n) is 3.54. The van der Waals surface area contributed by atoms with E-state index in [-0.39, 0.29) is 6.54 Å². The Balaban J connectivity index is 2.30. The molecule has 0 aromatic carbocycles. The topological polar surface area (TPSA) is 138 Å². The summed E-state index contributed by atoms with van der Waals surface area (Å²) in [6.45, 7) is 1.48. The molecule has 2 amide bonds. The molecule has 0 saturated carbocycles. The van der Waals surface area contributed by atoms with Crippen molar-refractivity contribution in [3.63, 3.8) is 0 Å². The molecule has 1 aromatic heterocycles. The summed E-state index contributed by atoms with van der Waals surface area (Å²) < 4.78 is 4.71. The normalized spacial score (nSPS) is 13.7. The summed E-state index contributed by atoms with van der Waals surface area (Å²) in [7, 11) is 0. The SMILES string of the molecule is C[C@@H](O)[C@H](NC(=O)NCCc1ncno1)C(=O)O. The van der Waals surface area contributed by atoms with Crippen LogP contribution in [0.2, 0.25) is 0 Å². The fourth-order valence-corrected chi connectivity index (χ4v) is 1.17. The quantitative estimate of drug-likeness (QED) is 0.500. The first-order valence-electron chi connectivity index (χ1n) is 5.21. The van der Waals surface area contributed by atoms with Gasteiger partial charge in [0.05, 0.1) is 6.10 Å². The number of carboxylic acid groups (broad SMARTS) is 1. The molecule has 0 bridgehead atoms. The summed E-state index contributed by atoms with van der Waals surface area (Å²) in [5, 5.41) is 25.8. The summed E-state index contributed by atoms with van der Waals surface area (Å²) in [6, 6.07) is -2.05. The van der Waals surface area contributed by atoms with Gasteiger partial charge in [-0.05, 0) is 6.92 Å². The van der Waals surface area contributed by atoms with E-state index in [0.29, 0.717) is 12.3 Å². The fourth-order valence-electron chi connectivity index (χ4n) is 1.17. The zero-order chi connectivity index (χ0) is 13.5. The average Bonchev–Trinajstić information content (AvgIpc) is 2.78. The molecule has 1 heterocycles. The Morgan fingerprint density at radius 1 is 1.56 bits per heavy atom. The Morgan fingerprint density at radius 3 is 2.78 bits per heavy atom. The molecule has 100 valence electrons. The number of urea groups is 1.